The molecule has 0 N–H and O–H groups in total. The number of aromatic nitrogens is 1. The summed E-state index contributed by atoms with van der Waals surface area (Å²) >= 11 is 0. The minimum absolute atomic E-state index is 0.0465. The number of ether oxygens (including phenoxy) is 1. The Balaban J connectivity index is 2.19. The normalized spacial score (nSPS) is 10.2. The third-order valence-electron chi connectivity index (χ3n) is 3.09. The van der Waals surface area contributed by atoms with E-state index in [-0.39, 0.29) is 5.78 Å². The maximum Gasteiger partial charge on any atom is 0.194 e. The maximum absolute atomic E-state index is 12.4. The van der Waals surface area contributed by atoms with E-state index in [1.54, 1.807) is 18.5 Å². The van der Waals surface area contributed by atoms with E-state index in [1.807, 2.05) is 50.2 Å². The summed E-state index contributed by atoms with van der Waals surface area (Å²) in [6.07, 6.45) is 4.12. The van der Waals surface area contributed by atoms with Crippen LogP contribution in [0.15, 0.2) is 42.7 Å². The van der Waals surface area contributed by atoms with Crippen LogP contribution in [0.25, 0.3) is 0 Å². The molecule has 110 valence electrons. The number of nitrogens with zero attached hydrogens (tertiary/aromatic N) is 2. The zero-order valence-electron chi connectivity index (χ0n) is 12.7. The fraction of sp³-hybridized carbons (Fsp3) is 0.294. The highest BCUT2D eigenvalue weighted by Crippen LogP contribution is 2.18. The molecule has 0 radical (unpaired) electrons. The van der Waals surface area contributed by atoms with Crippen LogP contribution in [0.1, 0.15) is 29.3 Å². The van der Waals surface area contributed by atoms with Crippen LogP contribution >= 0.6 is 0 Å². The summed E-state index contributed by atoms with van der Waals surface area (Å²) in [5, 5.41) is 0. The van der Waals surface area contributed by atoms with Crippen molar-refractivity contribution in [1.82, 2.24) is 4.98 Å². The van der Waals surface area contributed by atoms with Gasteiger partial charge < -0.3 is 9.64 Å². The lowest BCUT2D eigenvalue weighted by Crippen LogP contribution is -2.09. The molecule has 1 aromatic heterocycles. The Bertz CT molecular complexity index is 606. The van der Waals surface area contributed by atoms with Gasteiger partial charge in [0.15, 0.2) is 5.78 Å². The summed E-state index contributed by atoms with van der Waals surface area (Å²) in [4.78, 5) is 18.5. The predicted molar refractivity (Wildman–Crippen MR) is 84.2 cm³/mol. The van der Waals surface area contributed by atoms with Crippen LogP contribution in [0.3, 0.4) is 0 Å². The summed E-state index contributed by atoms with van der Waals surface area (Å²) in [5.74, 6) is 0.586. The fourth-order valence-electron chi connectivity index (χ4n) is 1.92. The maximum atomic E-state index is 12.4. The van der Waals surface area contributed by atoms with Gasteiger partial charge in [-0.05, 0) is 36.8 Å². The molecule has 2 aromatic rings. The molecular formula is C17H20N2O2. The van der Waals surface area contributed by atoms with Gasteiger partial charge in [0.2, 0.25) is 0 Å². The first-order valence-electron chi connectivity index (χ1n) is 7.01. The van der Waals surface area contributed by atoms with E-state index in [9.17, 15) is 4.79 Å². The van der Waals surface area contributed by atoms with Crippen molar-refractivity contribution in [1.29, 1.82) is 0 Å². The van der Waals surface area contributed by atoms with Crippen molar-refractivity contribution in [2.24, 2.45) is 0 Å². The van der Waals surface area contributed by atoms with Crippen molar-refractivity contribution in [2.45, 2.75) is 13.3 Å². The van der Waals surface area contributed by atoms with Gasteiger partial charge in [-0.15, -0.1) is 0 Å². The number of ketones is 1. The van der Waals surface area contributed by atoms with Crippen molar-refractivity contribution in [2.75, 3.05) is 25.6 Å². The smallest absolute Gasteiger partial charge is 0.194 e. The van der Waals surface area contributed by atoms with Gasteiger partial charge in [0.1, 0.15) is 5.75 Å². The Kier molecular flexibility index (Phi) is 4.93. The van der Waals surface area contributed by atoms with E-state index >= 15 is 0 Å². The lowest BCUT2D eigenvalue weighted by molar-refractivity contribution is 0.103. The SMILES string of the molecule is CCCOc1cncc(C(=O)c2ccc(N(C)C)cc2)c1. The zero-order valence-corrected chi connectivity index (χ0v) is 12.7. The van der Waals surface area contributed by atoms with Crippen LogP contribution in [0.2, 0.25) is 0 Å². The van der Waals surface area contributed by atoms with E-state index in [1.165, 1.54) is 0 Å². The van der Waals surface area contributed by atoms with Crippen molar-refractivity contribution in [3.8, 4) is 5.75 Å². The van der Waals surface area contributed by atoms with Crippen LogP contribution < -0.4 is 9.64 Å². The molecule has 0 aliphatic heterocycles. The van der Waals surface area contributed by atoms with Crippen LogP contribution in [0.5, 0.6) is 5.75 Å². The molecule has 4 heteroatoms. The molecule has 0 aliphatic carbocycles. The third kappa shape index (κ3) is 3.81. The molecule has 0 saturated heterocycles. The topological polar surface area (TPSA) is 42.4 Å². The van der Waals surface area contributed by atoms with E-state index in [2.05, 4.69) is 4.98 Å². The van der Waals surface area contributed by atoms with E-state index in [0.29, 0.717) is 23.5 Å². The lowest BCUT2D eigenvalue weighted by atomic mass is 10.0. The molecule has 0 bridgehead atoms. The Morgan fingerprint density at radius 2 is 1.86 bits per heavy atom. The van der Waals surface area contributed by atoms with Crippen molar-refractivity contribution < 1.29 is 9.53 Å². The number of carbonyl (C=O) groups excluding carboxylic acids is 1. The second-order valence-electron chi connectivity index (χ2n) is 5.03. The molecule has 0 spiro atoms. The van der Waals surface area contributed by atoms with Gasteiger partial charge in [-0.2, -0.15) is 0 Å². The number of hydrogen-bond donors (Lipinski definition) is 0. The molecule has 1 heterocycles. The second-order valence-corrected chi connectivity index (χ2v) is 5.03. The van der Waals surface area contributed by atoms with Gasteiger partial charge in [-0.3, -0.25) is 9.78 Å². The van der Waals surface area contributed by atoms with Gasteiger partial charge in [-0.25, -0.2) is 0 Å². The molecule has 0 amide bonds. The third-order valence-corrected chi connectivity index (χ3v) is 3.09. The van der Waals surface area contributed by atoms with Crippen molar-refractivity contribution >= 4 is 11.5 Å². The second kappa shape index (κ2) is 6.88. The van der Waals surface area contributed by atoms with Crippen LogP contribution in [0, 0.1) is 0 Å². The fourth-order valence-corrected chi connectivity index (χ4v) is 1.92. The number of hydrogen-bond acceptors (Lipinski definition) is 4. The number of pyridine rings is 1. The molecule has 0 atom stereocenters. The first kappa shape index (κ1) is 15.0. The highest BCUT2D eigenvalue weighted by atomic mass is 16.5. The molecule has 0 fully saturated rings. The van der Waals surface area contributed by atoms with Crippen molar-refractivity contribution in [3.05, 3.63) is 53.9 Å². The Morgan fingerprint density at radius 3 is 2.48 bits per heavy atom. The molecule has 4 nitrogen and oxygen atoms in total. The Hall–Kier alpha value is -2.36. The summed E-state index contributed by atoms with van der Waals surface area (Å²) in [6, 6.07) is 9.26. The van der Waals surface area contributed by atoms with Gasteiger partial charge in [0, 0.05) is 37.1 Å². The molecule has 21 heavy (non-hydrogen) atoms. The quantitative estimate of drug-likeness (QED) is 0.764. The Morgan fingerprint density at radius 1 is 1.14 bits per heavy atom. The zero-order chi connectivity index (χ0) is 15.2. The van der Waals surface area contributed by atoms with Crippen LogP contribution in [-0.2, 0) is 0 Å². The molecule has 0 unspecified atom stereocenters. The molecular weight excluding hydrogens is 264 g/mol. The van der Waals surface area contributed by atoms with Crippen LogP contribution in [-0.4, -0.2) is 31.5 Å². The van der Waals surface area contributed by atoms with Gasteiger partial charge in [-0.1, -0.05) is 6.92 Å². The summed E-state index contributed by atoms with van der Waals surface area (Å²) in [5.41, 5.74) is 2.25. The first-order chi connectivity index (χ1) is 10.1. The highest BCUT2D eigenvalue weighted by molar-refractivity contribution is 6.09. The predicted octanol–water partition coefficient (Wildman–Crippen LogP) is 3.17. The van der Waals surface area contributed by atoms with E-state index < -0.39 is 0 Å². The standard InChI is InChI=1S/C17H20N2O2/c1-4-9-21-16-10-14(11-18-12-16)17(20)13-5-7-15(8-6-13)19(2)3/h5-8,10-12H,4,9H2,1-3H3. The minimum Gasteiger partial charge on any atom is -0.492 e. The number of anilines is 1. The molecule has 1 aromatic carbocycles. The largest absolute Gasteiger partial charge is 0.492 e. The van der Waals surface area contributed by atoms with Crippen molar-refractivity contribution in [3.63, 3.8) is 0 Å². The van der Waals surface area contributed by atoms with E-state index in [4.69, 9.17) is 4.74 Å². The minimum atomic E-state index is -0.0465. The van der Waals surface area contributed by atoms with Crippen LogP contribution in [0.4, 0.5) is 5.69 Å². The molecule has 0 aliphatic rings. The average molecular weight is 284 g/mol. The van der Waals surface area contributed by atoms with E-state index in [0.717, 1.165) is 12.1 Å². The summed E-state index contributed by atoms with van der Waals surface area (Å²) in [6.45, 7) is 2.66. The summed E-state index contributed by atoms with van der Waals surface area (Å²) in [7, 11) is 3.94. The lowest BCUT2D eigenvalue weighted by Gasteiger charge is -2.12. The number of rotatable bonds is 6. The van der Waals surface area contributed by atoms with Gasteiger partial charge >= 0.3 is 0 Å². The van der Waals surface area contributed by atoms with Gasteiger partial charge in [0.25, 0.3) is 0 Å². The van der Waals surface area contributed by atoms with Gasteiger partial charge in [0.05, 0.1) is 12.8 Å². The number of benzene rings is 1. The summed E-state index contributed by atoms with van der Waals surface area (Å²) < 4.78 is 5.51. The molecule has 2 rings (SSSR count). The highest BCUT2D eigenvalue weighted by Gasteiger charge is 2.11. The Labute approximate surface area is 125 Å². The first-order valence-corrected chi connectivity index (χ1v) is 7.01. The number of carbonyl (C=O) groups is 1. The monoisotopic (exact) mass is 284 g/mol. The molecule has 0 saturated carbocycles. The average Bonchev–Trinajstić information content (AvgIpc) is 2.52.